The molecule has 104 valence electrons. The lowest BCUT2D eigenvalue weighted by molar-refractivity contribution is -0.385. The fraction of sp³-hybridized carbons (Fsp3) is 0.462. The van der Waals surface area contributed by atoms with Crippen molar-refractivity contribution < 1.29 is 9.72 Å². The summed E-state index contributed by atoms with van der Waals surface area (Å²) in [6.07, 6.45) is 0. The summed E-state index contributed by atoms with van der Waals surface area (Å²) in [5.74, 6) is -0.141. The van der Waals surface area contributed by atoms with Gasteiger partial charge in [-0.05, 0) is 33.8 Å². The van der Waals surface area contributed by atoms with Crippen molar-refractivity contribution in [1.82, 2.24) is 5.32 Å². The van der Waals surface area contributed by atoms with E-state index in [2.05, 4.69) is 10.6 Å². The molecule has 0 aliphatic heterocycles. The Hall–Kier alpha value is -2.11. The zero-order valence-electron chi connectivity index (χ0n) is 11.6. The number of nitrogens with zero attached hydrogens (tertiary/aromatic N) is 1. The van der Waals surface area contributed by atoms with Gasteiger partial charge in [-0.3, -0.25) is 14.9 Å². The van der Waals surface area contributed by atoms with Crippen LogP contribution in [0.3, 0.4) is 0 Å². The quantitative estimate of drug-likeness (QED) is 0.631. The van der Waals surface area contributed by atoms with Crippen LogP contribution in [-0.2, 0) is 4.79 Å². The van der Waals surface area contributed by atoms with E-state index >= 15 is 0 Å². The Morgan fingerprint density at radius 1 is 1.32 bits per heavy atom. The van der Waals surface area contributed by atoms with E-state index in [1.54, 1.807) is 26.0 Å². The van der Waals surface area contributed by atoms with Gasteiger partial charge in [-0.25, -0.2) is 0 Å². The van der Waals surface area contributed by atoms with Crippen LogP contribution in [0.4, 0.5) is 11.4 Å². The van der Waals surface area contributed by atoms with Gasteiger partial charge >= 0.3 is 0 Å². The maximum absolute atomic E-state index is 11.7. The largest absolute Gasteiger partial charge is 0.374 e. The first kappa shape index (κ1) is 14.9. The number of hydrogen-bond acceptors (Lipinski definition) is 4. The highest BCUT2D eigenvalue weighted by Gasteiger charge is 2.16. The van der Waals surface area contributed by atoms with Crippen molar-refractivity contribution in [3.05, 3.63) is 33.9 Å². The second-order valence-electron chi connectivity index (χ2n) is 4.79. The molecule has 0 spiro atoms. The zero-order chi connectivity index (χ0) is 14.6. The van der Waals surface area contributed by atoms with Crippen LogP contribution >= 0.6 is 0 Å². The Bertz CT molecular complexity index is 486. The van der Waals surface area contributed by atoms with Crippen molar-refractivity contribution >= 4 is 17.3 Å². The van der Waals surface area contributed by atoms with Crippen LogP contribution in [0.5, 0.6) is 0 Å². The summed E-state index contributed by atoms with van der Waals surface area (Å²) in [6.45, 7) is 7.14. The number of nitrogens with one attached hydrogen (secondary N) is 2. The highest BCUT2D eigenvalue weighted by molar-refractivity contribution is 5.84. The normalized spacial score (nSPS) is 12.1. The Kier molecular flexibility index (Phi) is 4.86. The molecule has 1 atom stereocenters. The maximum atomic E-state index is 11.7. The van der Waals surface area contributed by atoms with Crippen LogP contribution in [0, 0.1) is 17.0 Å². The molecule has 0 aliphatic rings. The van der Waals surface area contributed by atoms with E-state index in [0.717, 1.165) is 0 Å². The summed E-state index contributed by atoms with van der Waals surface area (Å²) in [5.41, 5.74) is 1.19. The highest BCUT2D eigenvalue weighted by Crippen LogP contribution is 2.22. The first-order chi connectivity index (χ1) is 8.81. The molecule has 1 unspecified atom stereocenters. The standard InChI is InChI=1S/C13H19N3O3/c1-8(2)14-13(17)10(4)15-11-6-5-9(3)12(7-11)16(18)19/h5-8,10,15H,1-4H3,(H,14,17). The third kappa shape index (κ3) is 4.24. The van der Waals surface area contributed by atoms with E-state index in [1.807, 2.05) is 13.8 Å². The summed E-state index contributed by atoms with van der Waals surface area (Å²) >= 11 is 0. The molecule has 0 heterocycles. The van der Waals surface area contributed by atoms with Crippen LogP contribution in [0.1, 0.15) is 26.3 Å². The van der Waals surface area contributed by atoms with Crippen LogP contribution in [0.25, 0.3) is 0 Å². The molecule has 1 aromatic rings. The van der Waals surface area contributed by atoms with Crippen molar-refractivity contribution in [3.63, 3.8) is 0 Å². The van der Waals surface area contributed by atoms with Gasteiger partial charge in [-0.1, -0.05) is 6.07 Å². The molecule has 1 rings (SSSR count). The van der Waals surface area contributed by atoms with Crippen molar-refractivity contribution in [1.29, 1.82) is 0 Å². The molecule has 6 heteroatoms. The molecule has 0 aromatic heterocycles. The fourth-order valence-electron chi connectivity index (χ4n) is 1.62. The molecule has 0 bridgehead atoms. The molecule has 0 saturated carbocycles. The first-order valence-corrected chi connectivity index (χ1v) is 6.13. The van der Waals surface area contributed by atoms with Crippen LogP contribution in [0.15, 0.2) is 18.2 Å². The number of nitro groups is 1. The molecule has 2 N–H and O–H groups in total. The number of carbonyl (C=O) groups excluding carboxylic acids is 1. The summed E-state index contributed by atoms with van der Waals surface area (Å²) < 4.78 is 0. The third-order valence-corrected chi connectivity index (χ3v) is 2.61. The molecule has 19 heavy (non-hydrogen) atoms. The number of amides is 1. The van der Waals surface area contributed by atoms with E-state index in [9.17, 15) is 14.9 Å². The van der Waals surface area contributed by atoms with E-state index in [1.165, 1.54) is 6.07 Å². The molecule has 0 radical (unpaired) electrons. The molecular formula is C13H19N3O3. The Morgan fingerprint density at radius 3 is 2.47 bits per heavy atom. The van der Waals surface area contributed by atoms with Crippen molar-refractivity contribution in [3.8, 4) is 0 Å². The maximum Gasteiger partial charge on any atom is 0.274 e. The van der Waals surface area contributed by atoms with Gasteiger partial charge in [0.25, 0.3) is 5.69 Å². The van der Waals surface area contributed by atoms with Gasteiger partial charge < -0.3 is 10.6 Å². The Balaban J connectivity index is 2.80. The lowest BCUT2D eigenvalue weighted by Gasteiger charge is -2.17. The van der Waals surface area contributed by atoms with Crippen molar-refractivity contribution in [2.45, 2.75) is 39.8 Å². The number of hydrogen-bond donors (Lipinski definition) is 2. The molecule has 1 aromatic carbocycles. The van der Waals surface area contributed by atoms with Gasteiger partial charge in [0.15, 0.2) is 0 Å². The van der Waals surface area contributed by atoms with Gasteiger partial charge in [0.1, 0.15) is 6.04 Å². The van der Waals surface area contributed by atoms with Gasteiger partial charge in [0, 0.05) is 23.4 Å². The minimum Gasteiger partial charge on any atom is -0.374 e. The molecule has 0 aliphatic carbocycles. The number of rotatable bonds is 5. The van der Waals surface area contributed by atoms with Gasteiger partial charge in [-0.2, -0.15) is 0 Å². The van der Waals surface area contributed by atoms with Crippen molar-refractivity contribution in [2.24, 2.45) is 0 Å². The smallest absolute Gasteiger partial charge is 0.274 e. The minimum absolute atomic E-state index is 0.0430. The van der Waals surface area contributed by atoms with Crippen LogP contribution < -0.4 is 10.6 Å². The predicted molar refractivity (Wildman–Crippen MR) is 74.2 cm³/mol. The number of anilines is 1. The second-order valence-corrected chi connectivity index (χ2v) is 4.79. The summed E-state index contributed by atoms with van der Waals surface area (Å²) in [5, 5.41) is 16.6. The molecular weight excluding hydrogens is 246 g/mol. The summed E-state index contributed by atoms with van der Waals surface area (Å²) in [4.78, 5) is 22.1. The average molecular weight is 265 g/mol. The minimum atomic E-state index is -0.454. The molecule has 0 fully saturated rings. The topological polar surface area (TPSA) is 84.3 Å². The van der Waals surface area contributed by atoms with E-state index in [0.29, 0.717) is 11.3 Å². The summed E-state index contributed by atoms with van der Waals surface area (Å²) in [7, 11) is 0. The van der Waals surface area contributed by atoms with E-state index in [-0.39, 0.29) is 17.6 Å². The number of aryl methyl sites for hydroxylation is 1. The third-order valence-electron chi connectivity index (χ3n) is 2.61. The fourth-order valence-corrected chi connectivity index (χ4v) is 1.62. The highest BCUT2D eigenvalue weighted by atomic mass is 16.6. The number of nitro benzene ring substituents is 1. The molecule has 0 saturated heterocycles. The lowest BCUT2D eigenvalue weighted by Crippen LogP contribution is -2.40. The van der Waals surface area contributed by atoms with Gasteiger partial charge in [0.2, 0.25) is 5.91 Å². The van der Waals surface area contributed by atoms with Crippen LogP contribution in [-0.4, -0.2) is 22.9 Å². The van der Waals surface area contributed by atoms with Gasteiger partial charge in [0.05, 0.1) is 4.92 Å². The zero-order valence-corrected chi connectivity index (χ0v) is 11.6. The predicted octanol–water partition coefficient (Wildman–Crippen LogP) is 2.23. The van der Waals surface area contributed by atoms with Crippen LogP contribution in [0.2, 0.25) is 0 Å². The monoisotopic (exact) mass is 265 g/mol. The number of carbonyl (C=O) groups is 1. The average Bonchev–Trinajstić information content (AvgIpc) is 2.30. The van der Waals surface area contributed by atoms with Crippen molar-refractivity contribution in [2.75, 3.05) is 5.32 Å². The molecule has 6 nitrogen and oxygen atoms in total. The molecule has 1 amide bonds. The van der Waals surface area contributed by atoms with E-state index in [4.69, 9.17) is 0 Å². The SMILES string of the molecule is Cc1ccc(NC(C)C(=O)NC(C)C)cc1[N+](=O)[O-]. The number of benzene rings is 1. The Morgan fingerprint density at radius 2 is 1.95 bits per heavy atom. The van der Waals surface area contributed by atoms with E-state index < -0.39 is 11.0 Å². The Labute approximate surface area is 112 Å². The lowest BCUT2D eigenvalue weighted by atomic mass is 10.1. The summed E-state index contributed by atoms with van der Waals surface area (Å²) in [6, 6.07) is 4.43. The first-order valence-electron chi connectivity index (χ1n) is 6.13. The van der Waals surface area contributed by atoms with Gasteiger partial charge in [-0.15, -0.1) is 0 Å². The second kappa shape index (κ2) is 6.17.